The number of nitrogens with two attached hydrogens (primary N) is 1. The standard InChI is InChI=1S/C14H20N2O/c1-3-16(14(17)13-8-10(13)2)12-6-4-11(9-15)5-7-12/h4-7,10,13H,3,8-9,15H2,1-2H3. The van der Waals surface area contributed by atoms with Gasteiger partial charge in [-0.2, -0.15) is 0 Å². The van der Waals surface area contributed by atoms with E-state index in [9.17, 15) is 4.79 Å². The van der Waals surface area contributed by atoms with E-state index < -0.39 is 0 Å². The Morgan fingerprint density at radius 3 is 2.41 bits per heavy atom. The first-order chi connectivity index (χ1) is 8.17. The quantitative estimate of drug-likeness (QED) is 0.864. The summed E-state index contributed by atoms with van der Waals surface area (Å²) in [5.74, 6) is 1.06. The van der Waals surface area contributed by atoms with Crippen LogP contribution >= 0.6 is 0 Å². The number of amides is 1. The lowest BCUT2D eigenvalue weighted by molar-refractivity contribution is -0.120. The van der Waals surface area contributed by atoms with Gasteiger partial charge in [-0.15, -0.1) is 0 Å². The average Bonchev–Trinajstić information content (AvgIpc) is 3.08. The number of carbonyl (C=O) groups is 1. The second-order valence-electron chi connectivity index (χ2n) is 4.77. The Balaban J connectivity index is 2.13. The Hall–Kier alpha value is -1.35. The van der Waals surface area contributed by atoms with Crippen LogP contribution in [0.5, 0.6) is 0 Å². The van der Waals surface area contributed by atoms with Crippen molar-refractivity contribution in [2.75, 3.05) is 11.4 Å². The Morgan fingerprint density at radius 2 is 2.00 bits per heavy atom. The molecule has 3 heteroatoms. The van der Waals surface area contributed by atoms with Crippen LogP contribution in [0, 0.1) is 11.8 Å². The third kappa shape index (κ3) is 2.50. The molecule has 1 fully saturated rings. The van der Waals surface area contributed by atoms with Gasteiger partial charge in [0.15, 0.2) is 0 Å². The van der Waals surface area contributed by atoms with Crippen LogP contribution in [0.15, 0.2) is 24.3 Å². The lowest BCUT2D eigenvalue weighted by Gasteiger charge is -2.21. The van der Waals surface area contributed by atoms with Crippen molar-refractivity contribution >= 4 is 11.6 Å². The molecule has 1 amide bonds. The van der Waals surface area contributed by atoms with Crippen molar-refractivity contribution in [3.8, 4) is 0 Å². The molecule has 0 bridgehead atoms. The summed E-state index contributed by atoms with van der Waals surface area (Å²) in [6.07, 6.45) is 1.04. The topological polar surface area (TPSA) is 46.3 Å². The molecule has 0 radical (unpaired) electrons. The highest BCUT2D eigenvalue weighted by Gasteiger charge is 2.41. The molecular weight excluding hydrogens is 212 g/mol. The molecule has 2 rings (SSSR count). The predicted molar refractivity (Wildman–Crippen MR) is 69.6 cm³/mol. The van der Waals surface area contributed by atoms with Gasteiger partial charge in [0.2, 0.25) is 5.91 Å². The highest BCUT2D eigenvalue weighted by molar-refractivity contribution is 5.96. The first-order valence-electron chi connectivity index (χ1n) is 6.27. The van der Waals surface area contributed by atoms with Crippen molar-refractivity contribution < 1.29 is 4.79 Å². The van der Waals surface area contributed by atoms with Gasteiger partial charge < -0.3 is 10.6 Å². The van der Waals surface area contributed by atoms with Crippen LogP contribution in [-0.4, -0.2) is 12.5 Å². The Kier molecular flexibility index (Phi) is 3.48. The molecule has 1 aliphatic carbocycles. The fourth-order valence-corrected chi connectivity index (χ4v) is 2.14. The summed E-state index contributed by atoms with van der Waals surface area (Å²) in [6.45, 7) is 5.42. The molecule has 2 atom stereocenters. The zero-order chi connectivity index (χ0) is 12.4. The van der Waals surface area contributed by atoms with Crippen LogP contribution in [0.25, 0.3) is 0 Å². The van der Waals surface area contributed by atoms with E-state index in [4.69, 9.17) is 5.73 Å². The molecule has 1 aromatic carbocycles. The van der Waals surface area contributed by atoms with Crippen LogP contribution in [0.3, 0.4) is 0 Å². The van der Waals surface area contributed by atoms with Gasteiger partial charge in [-0.25, -0.2) is 0 Å². The SMILES string of the molecule is CCN(C(=O)C1CC1C)c1ccc(CN)cc1. The molecule has 1 aliphatic rings. The molecule has 3 nitrogen and oxygen atoms in total. The molecule has 0 aromatic heterocycles. The molecule has 0 aliphatic heterocycles. The largest absolute Gasteiger partial charge is 0.326 e. The van der Waals surface area contributed by atoms with E-state index in [1.54, 1.807) is 0 Å². The zero-order valence-electron chi connectivity index (χ0n) is 10.5. The average molecular weight is 232 g/mol. The summed E-state index contributed by atoms with van der Waals surface area (Å²) >= 11 is 0. The van der Waals surface area contributed by atoms with E-state index in [1.807, 2.05) is 36.1 Å². The van der Waals surface area contributed by atoms with Gasteiger partial charge in [-0.1, -0.05) is 19.1 Å². The lowest BCUT2D eigenvalue weighted by atomic mass is 10.2. The van der Waals surface area contributed by atoms with E-state index in [0.29, 0.717) is 12.5 Å². The summed E-state index contributed by atoms with van der Waals surface area (Å²) in [6, 6.07) is 7.94. The maximum atomic E-state index is 12.2. The normalized spacial score (nSPS) is 22.3. The van der Waals surface area contributed by atoms with Crippen molar-refractivity contribution in [1.82, 2.24) is 0 Å². The molecule has 92 valence electrons. The number of hydrogen-bond acceptors (Lipinski definition) is 2. The highest BCUT2D eigenvalue weighted by Crippen LogP contribution is 2.39. The third-order valence-electron chi connectivity index (χ3n) is 3.49. The molecule has 0 heterocycles. The van der Waals surface area contributed by atoms with Gasteiger partial charge in [0.05, 0.1) is 0 Å². The summed E-state index contributed by atoms with van der Waals surface area (Å²) in [7, 11) is 0. The van der Waals surface area contributed by atoms with Crippen LogP contribution in [0.2, 0.25) is 0 Å². The molecule has 1 saturated carbocycles. The van der Waals surface area contributed by atoms with Crippen LogP contribution in [0.1, 0.15) is 25.8 Å². The summed E-state index contributed by atoms with van der Waals surface area (Å²) in [4.78, 5) is 14.1. The first kappa shape index (κ1) is 12.1. The number of nitrogens with zero attached hydrogens (tertiary/aromatic N) is 1. The number of hydrogen-bond donors (Lipinski definition) is 1. The predicted octanol–water partition coefficient (Wildman–Crippen LogP) is 2.15. The molecule has 2 unspecified atom stereocenters. The van der Waals surface area contributed by atoms with Crippen molar-refractivity contribution in [1.29, 1.82) is 0 Å². The zero-order valence-corrected chi connectivity index (χ0v) is 10.5. The van der Waals surface area contributed by atoms with Gasteiger partial charge in [-0.05, 0) is 37.0 Å². The molecule has 0 spiro atoms. The number of carbonyl (C=O) groups excluding carboxylic acids is 1. The van der Waals surface area contributed by atoms with Crippen LogP contribution < -0.4 is 10.6 Å². The van der Waals surface area contributed by atoms with Crippen LogP contribution in [-0.2, 0) is 11.3 Å². The van der Waals surface area contributed by atoms with Gasteiger partial charge in [0.25, 0.3) is 0 Å². The Bertz CT molecular complexity index is 399. The first-order valence-corrected chi connectivity index (χ1v) is 6.27. The van der Waals surface area contributed by atoms with Gasteiger partial charge in [0, 0.05) is 24.7 Å². The Labute approximate surface area is 103 Å². The van der Waals surface area contributed by atoms with Gasteiger partial charge in [-0.3, -0.25) is 4.79 Å². The minimum absolute atomic E-state index is 0.240. The van der Waals surface area contributed by atoms with Crippen molar-refractivity contribution in [2.24, 2.45) is 17.6 Å². The maximum absolute atomic E-state index is 12.2. The second-order valence-corrected chi connectivity index (χ2v) is 4.77. The fraction of sp³-hybridized carbons (Fsp3) is 0.500. The van der Waals surface area contributed by atoms with Gasteiger partial charge >= 0.3 is 0 Å². The highest BCUT2D eigenvalue weighted by atomic mass is 16.2. The second kappa shape index (κ2) is 4.88. The number of rotatable bonds is 4. The smallest absolute Gasteiger partial charge is 0.230 e. The molecular formula is C14H20N2O. The van der Waals surface area contributed by atoms with Gasteiger partial charge in [0.1, 0.15) is 0 Å². The van der Waals surface area contributed by atoms with E-state index in [-0.39, 0.29) is 11.8 Å². The van der Waals surface area contributed by atoms with E-state index in [0.717, 1.165) is 24.2 Å². The minimum atomic E-state index is 0.240. The molecule has 2 N–H and O–H groups in total. The summed E-state index contributed by atoms with van der Waals surface area (Å²) in [5, 5.41) is 0. The lowest BCUT2D eigenvalue weighted by Crippen LogP contribution is -2.32. The fourth-order valence-electron chi connectivity index (χ4n) is 2.14. The number of anilines is 1. The van der Waals surface area contributed by atoms with E-state index in [1.165, 1.54) is 0 Å². The molecule has 0 saturated heterocycles. The van der Waals surface area contributed by atoms with Crippen molar-refractivity contribution in [3.05, 3.63) is 29.8 Å². The Morgan fingerprint density at radius 1 is 1.41 bits per heavy atom. The van der Waals surface area contributed by atoms with E-state index in [2.05, 4.69) is 6.92 Å². The molecule has 1 aromatic rings. The van der Waals surface area contributed by atoms with Crippen molar-refractivity contribution in [3.63, 3.8) is 0 Å². The van der Waals surface area contributed by atoms with Crippen molar-refractivity contribution in [2.45, 2.75) is 26.8 Å². The van der Waals surface area contributed by atoms with Crippen LogP contribution in [0.4, 0.5) is 5.69 Å². The minimum Gasteiger partial charge on any atom is -0.326 e. The molecule has 17 heavy (non-hydrogen) atoms. The summed E-state index contributed by atoms with van der Waals surface area (Å²) in [5.41, 5.74) is 7.64. The van der Waals surface area contributed by atoms with E-state index >= 15 is 0 Å². The maximum Gasteiger partial charge on any atom is 0.230 e. The summed E-state index contributed by atoms with van der Waals surface area (Å²) < 4.78 is 0. The third-order valence-corrected chi connectivity index (χ3v) is 3.49. The monoisotopic (exact) mass is 232 g/mol. The number of benzene rings is 1.